The molecule has 33 heavy (non-hydrogen) atoms. The van der Waals surface area contributed by atoms with Crippen LogP contribution < -0.4 is 4.90 Å². The predicted octanol–water partition coefficient (Wildman–Crippen LogP) is 3.97. The number of rotatable bonds is 8. The Morgan fingerprint density at radius 3 is 2.45 bits per heavy atom. The molecule has 0 aromatic heterocycles. The molecule has 6 heteroatoms. The van der Waals surface area contributed by atoms with E-state index in [2.05, 4.69) is 0 Å². The normalized spacial score (nSPS) is 18.0. The zero-order chi connectivity index (χ0) is 23.2. The minimum Gasteiger partial charge on any atom is -0.466 e. The summed E-state index contributed by atoms with van der Waals surface area (Å²) in [5, 5.41) is 0. The van der Waals surface area contributed by atoms with Gasteiger partial charge in [0.15, 0.2) is 0 Å². The molecular formula is C27H32N2O4. The summed E-state index contributed by atoms with van der Waals surface area (Å²) in [4.78, 5) is 41.8. The largest absolute Gasteiger partial charge is 0.466 e. The van der Waals surface area contributed by atoms with E-state index in [9.17, 15) is 14.4 Å². The highest BCUT2D eigenvalue weighted by Crippen LogP contribution is 2.34. The molecule has 1 aliphatic heterocycles. The molecule has 2 aromatic carbocycles. The summed E-state index contributed by atoms with van der Waals surface area (Å²) < 4.78 is 5.15. The van der Waals surface area contributed by atoms with Crippen LogP contribution in [-0.2, 0) is 32.1 Å². The van der Waals surface area contributed by atoms with Crippen molar-refractivity contribution in [3.8, 4) is 0 Å². The number of nitrogens with zero attached hydrogens (tertiary/aromatic N) is 2. The van der Waals surface area contributed by atoms with E-state index in [1.807, 2.05) is 59.5 Å². The third-order valence-corrected chi connectivity index (χ3v) is 6.35. The predicted molar refractivity (Wildman–Crippen MR) is 126 cm³/mol. The third kappa shape index (κ3) is 6.01. The topological polar surface area (TPSA) is 66.9 Å². The molecular weight excluding hydrogens is 416 g/mol. The molecule has 1 atom stereocenters. The van der Waals surface area contributed by atoms with E-state index >= 15 is 0 Å². The van der Waals surface area contributed by atoms with E-state index in [1.165, 1.54) is 0 Å². The highest BCUT2D eigenvalue weighted by atomic mass is 16.5. The summed E-state index contributed by atoms with van der Waals surface area (Å²) >= 11 is 0. The van der Waals surface area contributed by atoms with Crippen molar-refractivity contribution < 1.29 is 19.1 Å². The van der Waals surface area contributed by atoms with Gasteiger partial charge in [0.1, 0.15) is 0 Å². The maximum absolute atomic E-state index is 13.1. The Kier molecular flexibility index (Phi) is 7.43. The van der Waals surface area contributed by atoms with Crippen molar-refractivity contribution >= 4 is 23.5 Å². The molecule has 0 unspecified atom stereocenters. The number of carbonyl (C=O) groups excluding carboxylic acids is 3. The summed E-state index contributed by atoms with van der Waals surface area (Å²) in [7, 11) is 0. The molecule has 1 saturated carbocycles. The van der Waals surface area contributed by atoms with E-state index in [0.717, 1.165) is 42.5 Å². The van der Waals surface area contributed by atoms with Gasteiger partial charge in [0, 0.05) is 24.7 Å². The van der Waals surface area contributed by atoms with Crippen molar-refractivity contribution in [3.63, 3.8) is 0 Å². The lowest BCUT2D eigenvalue weighted by Crippen LogP contribution is -2.43. The molecule has 2 aliphatic rings. The summed E-state index contributed by atoms with van der Waals surface area (Å²) in [6, 6.07) is 17.7. The lowest BCUT2D eigenvalue weighted by atomic mass is 9.97. The molecule has 0 N–H and O–H groups in total. The van der Waals surface area contributed by atoms with Crippen LogP contribution in [-0.4, -0.2) is 42.4 Å². The van der Waals surface area contributed by atoms with Gasteiger partial charge in [-0.15, -0.1) is 0 Å². The lowest BCUT2D eigenvalue weighted by Gasteiger charge is -2.31. The second-order valence-corrected chi connectivity index (χ2v) is 8.96. The average Bonchev–Trinajstić information content (AvgIpc) is 3.69. The number of amides is 2. The second kappa shape index (κ2) is 10.6. The van der Waals surface area contributed by atoms with Crippen molar-refractivity contribution in [3.05, 3.63) is 65.7 Å². The zero-order valence-corrected chi connectivity index (χ0v) is 19.2. The summed E-state index contributed by atoms with van der Waals surface area (Å²) in [5.41, 5.74) is 2.77. The maximum atomic E-state index is 13.1. The molecule has 0 spiro atoms. The molecule has 2 aromatic rings. The summed E-state index contributed by atoms with van der Waals surface area (Å²) in [6.07, 6.45) is 3.70. The van der Waals surface area contributed by atoms with Crippen molar-refractivity contribution in [1.82, 2.24) is 4.90 Å². The fraction of sp³-hybridized carbons (Fsp3) is 0.444. The smallest absolute Gasteiger partial charge is 0.310 e. The van der Waals surface area contributed by atoms with E-state index < -0.39 is 0 Å². The van der Waals surface area contributed by atoms with Crippen molar-refractivity contribution in [2.75, 3.05) is 24.6 Å². The van der Waals surface area contributed by atoms with Crippen LogP contribution in [0.3, 0.4) is 0 Å². The first kappa shape index (κ1) is 23.0. The van der Waals surface area contributed by atoms with Gasteiger partial charge in [-0.25, -0.2) is 0 Å². The number of hydrogen-bond donors (Lipinski definition) is 0. The van der Waals surface area contributed by atoms with E-state index in [-0.39, 0.29) is 36.0 Å². The fourth-order valence-corrected chi connectivity index (χ4v) is 4.39. The van der Waals surface area contributed by atoms with Crippen LogP contribution >= 0.6 is 0 Å². The van der Waals surface area contributed by atoms with Gasteiger partial charge in [-0.05, 0) is 55.9 Å². The van der Waals surface area contributed by atoms with Crippen molar-refractivity contribution in [2.45, 2.75) is 45.6 Å². The monoisotopic (exact) mass is 448 g/mol. The Hall–Kier alpha value is -3.15. The number of anilines is 1. The Labute approximate surface area is 195 Å². The van der Waals surface area contributed by atoms with Crippen molar-refractivity contribution in [2.24, 2.45) is 11.8 Å². The first-order valence-corrected chi connectivity index (χ1v) is 11.9. The molecule has 4 rings (SSSR count). The fourth-order valence-electron chi connectivity index (χ4n) is 4.39. The number of hydrogen-bond acceptors (Lipinski definition) is 4. The minimum atomic E-state index is -0.244. The highest BCUT2D eigenvalue weighted by Gasteiger charge is 2.34. The number of esters is 1. The SMILES string of the molecule is CCOC(=O)[C@H]1CCCN(C(=O)Cc2cccc(N(Cc3ccccc3)C(=O)C3CC3)c2)C1. The summed E-state index contributed by atoms with van der Waals surface area (Å²) in [5.74, 6) is -0.203. The van der Waals surface area contributed by atoms with Crippen molar-refractivity contribution in [1.29, 1.82) is 0 Å². The zero-order valence-electron chi connectivity index (χ0n) is 19.2. The standard InChI is InChI=1S/C27H32N2O4/c1-2-33-27(32)23-11-7-15-28(19-23)25(30)17-21-10-6-12-24(16-21)29(26(31)22-13-14-22)18-20-8-4-3-5-9-20/h3-6,8-10,12,16,22-23H,2,7,11,13-15,17-19H2,1H3/t23-/m0/s1. The third-order valence-electron chi connectivity index (χ3n) is 6.35. The first-order valence-electron chi connectivity index (χ1n) is 11.9. The van der Waals surface area contributed by atoms with Gasteiger partial charge in [0.2, 0.25) is 11.8 Å². The lowest BCUT2D eigenvalue weighted by molar-refractivity contribution is -0.151. The Bertz CT molecular complexity index is 987. The second-order valence-electron chi connectivity index (χ2n) is 8.96. The molecule has 1 heterocycles. The van der Waals surface area contributed by atoms with Gasteiger partial charge in [-0.2, -0.15) is 0 Å². The summed E-state index contributed by atoms with van der Waals surface area (Å²) in [6.45, 7) is 3.74. The van der Waals surface area contributed by atoms with E-state index in [1.54, 1.807) is 11.8 Å². The number of benzene rings is 2. The molecule has 2 amide bonds. The molecule has 1 aliphatic carbocycles. The van der Waals surface area contributed by atoms with Crippen LogP contribution in [0.15, 0.2) is 54.6 Å². The van der Waals surface area contributed by atoms with Gasteiger partial charge in [-0.1, -0.05) is 42.5 Å². The van der Waals surface area contributed by atoms with Crippen LogP contribution in [0.25, 0.3) is 0 Å². The Balaban J connectivity index is 1.46. The highest BCUT2D eigenvalue weighted by molar-refractivity contribution is 5.96. The molecule has 0 radical (unpaired) electrons. The molecule has 6 nitrogen and oxygen atoms in total. The van der Waals surface area contributed by atoms with E-state index in [4.69, 9.17) is 4.74 Å². The van der Waals surface area contributed by atoms with Crippen LogP contribution in [0.1, 0.15) is 43.7 Å². The number of carbonyl (C=O) groups is 3. The van der Waals surface area contributed by atoms with Crippen LogP contribution in [0.5, 0.6) is 0 Å². The molecule has 1 saturated heterocycles. The van der Waals surface area contributed by atoms with Crippen LogP contribution in [0.2, 0.25) is 0 Å². The molecule has 174 valence electrons. The van der Waals surface area contributed by atoms with E-state index in [0.29, 0.717) is 26.2 Å². The Morgan fingerprint density at radius 2 is 1.73 bits per heavy atom. The van der Waals surface area contributed by atoms with Gasteiger partial charge >= 0.3 is 5.97 Å². The first-order chi connectivity index (χ1) is 16.0. The minimum absolute atomic E-state index is 0.00396. The van der Waals surface area contributed by atoms with Crippen LogP contribution in [0.4, 0.5) is 5.69 Å². The van der Waals surface area contributed by atoms with Gasteiger partial charge < -0.3 is 14.5 Å². The van der Waals surface area contributed by atoms with Gasteiger partial charge in [0.25, 0.3) is 0 Å². The molecule has 2 fully saturated rings. The quantitative estimate of drug-likeness (QED) is 0.573. The number of likely N-dealkylation sites (tertiary alicyclic amines) is 1. The number of ether oxygens (including phenoxy) is 1. The molecule has 0 bridgehead atoms. The van der Waals surface area contributed by atoms with Crippen LogP contribution in [0, 0.1) is 11.8 Å². The van der Waals surface area contributed by atoms with Gasteiger partial charge in [-0.3, -0.25) is 14.4 Å². The van der Waals surface area contributed by atoms with Gasteiger partial charge in [0.05, 0.1) is 25.5 Å². The Morgan fingerprint density at radius 1 is 0.970 bits per heavy atom. The maximum Gasteiger partial charge on any atom is 0.310 e. The number of piperidine rings is 1. The average molecular weight is 449 g/mol.